The molecule has 2 aromatic carbocycles. The quantitative estimate of drug-likeness (QED) is 0.490. The maximum Gasteiger partial charge on any atom is 0.259 e. The van der Waals surface area contributed by atoms with E-state index in [0.29, 0.717) is 29.4 Å². The Morgan fingerprint density at radius 2 is 1.71 bits per heavy atom. The van der Waals surface area contributed by atoms with Crippen LogP contribution in [-0.2, 0) is 4.79 Å². The molecule has 0 atom stereocenters. The van der Waals surface area contributed by atoms with E-state index in [1.807, 2.05) is 25.1 Å². The molecule has 0 bridgehead atoms. The number of allylic oxidation sites excluding steroid dienone is 1. The Morgan fingerprint density at radius 3 is 2.32 bits per heavy atom. The van der Waals surface area contributed by atoms with Gasteiger partial charge in [0, 0.05) is 19.7 Å². The average molecular weight is 383 g/mol. The monoisotopic (exact) mass is 383 g/mol. The fourth-order valence-electron chi connectivity index (χ4n) is 2.32. The van der Waals surface area contributed by atoms with Crippen molar-refractivity contribution in [1.29, 1.82) is 0 Å². The number of amides is 1. The highest BCUT2D eigenvalue weighted by Crippen LogP contribution is 2.28. The molecule has 0 unspecified atom stereocenters. The smallest absolute Gasteiger partial charge is 0.259 e. The Kier molecular flexibility index (Phi) is 7.63. The molecule has 0 aromatic heterocycles. The first-order valence-electron chi connectivity index (χ1n) is 8.90. The topological polar surface area (TPSA) is 65.1 Å². The van der Waals surface area contributed by atoms with Gasteiger partial charge in [0.05, 0.1) is 13.7 Å². The van der Waals surface area contributed by atoms with E-state index in [4.69, 9.17) is 14.2 Å². The number of benzene rings is 2. The minimum absolute atomic E-state index is 0.0419. The molecule has 0 radical (unpaired) electrons. The second-order valence-corrected chi connectivity index (χ2v) is 6.14. The van der Waals surface area contributed by atoms with Gasteiger partial charge in [-0.25, -0.2) is 0 Å². The molecule has 6 nitrogen and oxygen atoms in total. The van der Waals surface area contributed by atoms with Crippen LogP contribution in [0.1, 0.15) is 22.8 Å². The fourth-order valence-corrected chi connectivity index (χ4v) is 2.32. The summed E-state index contributed by atoms with van der Waals surface area (Å²) < 4.78 is 16.2. The molecule has 2 aromatic rings. The van der Waals surface area contributed by atoms with Crippen molar-refractivity contribution < 1.29 is 23.8 Å². The number of rotatable bonds is 9. The molecule has 2 rings (SSSR count). The van der Waals surface area contributed by atoms with Gasteiger partial charge in [0.2, 0.25) is 0 Å². The maximum atomic E-state index is 12.4. The van der Waals surface area contributed by atoms with E-state index in [2.05, 4.69) is 0 Å². The zero-order chi connectivity index (χ0) is 20.5. The average Bonchev–Trinajstić information content (AvgIpc) is 2.71. The van der Waals surface area contributed by atoms with E-state index in [1.165, 1.54) is 11.0 Å². The van der Waals surface area contributed by atoms with Crippen molar-refractivity contribution >= 4 is 17.8 Å². The lowest BCUT2D eigenvalue weighted by molar-refractivity contribution is -0.130. The highest BCUT2D eigenvalue weighted by Gasteiger charge is 2.07. The standard InChI is InChI=1S/C22H25NO5/c1-5-27-20-13-7-16(14-21(20)26-4)6-12-19(24)17-8-10-18(11-9-17)28-15-22(25)23(2)3/h6-14H,5,15H2,1-4H3/b12-6+. The summed E-state index contributed by atoms with van der Waals surface area (Å²) in [6, 6.07) is 12.2. The van der Waals surface area contributed by atoms with E-state index in [-0.39, 0.29) is 18.3 Å². The Labute approximate surface area is 165 Å². The first kappa shape index (κ1) is 21.0. The van der Waals surface area contributed by atoms with Crippen LogP contribution in [0.25, 0.3) is 6.08 Å². The predicted octanol–water partition coefficient (Wildman–Crippen LogP) is 3.46. The second-order valence-electron chi connectivity index (χ2n) is 6.14. The van der Waals surface area contributed by atoms with E-state index in [1.54, 1.807) is 51.5 Å². The van der Waals surface area contributed by atoms with Gasteiger partial charge >= 0.3 is 0 Å². The molecule has 28 heavy (non-hydrogen) atoms. The van der Waals surface area contributed by atoms with E-state index in [0.717, 1.165) is 5.56 Å². The van der Waals surface area contributed by atoms with Gasteiger partial charge < -0.3 is 19.1 Å². The molecule has 0 saturated heterocycles. The highest BCUT2D eigenvalue weighted by molar-refractivity contribution is 6.06. The van der Waals surface area contributed by atoms with Crippen LogP contribution in [0.3, 0.4) is 0 Å². The molecule has 148 valence electrons. The third kappa shape index (κ3) is 5.87. The van der Waals surface area contributed by atoms with Gasteiger partial charge in [0.1, 0.15) is 5.75 Å². The summed E-state index contributed by atoms with van der Waals surface area (Å²) in [6.07, 6.45) is 3.22. The van der Waals surface area contributed by atoms with Crippen LogP contribution in [-0.4, -0.2) is 51.0 Å². The molecule has 0 heterocycles. The number of ether oxygens (including phenoxy) is 3. The molecular weight excluding hydrogens is 358 g/mol. The SMILES string of the molecule is CCOc1ccc(/C=C/C(=O)c2ccc(OCC(=O)N(C)C)cc2)cc1OC. The zero-order valence-corrected chi connectivity index (χ0v) is 16.6. The van der Waals surface area contributed by atoms with Crippen LogP contribution in [0.2, 0.25) is 0 Å². The summed E-state index contributed by atoms with van der Waals surface area (Å²) in [5.74, 6) is 1.55. The maximum absolute atomic E-state index is 12.4. The van der Waals surface area contributed by atoms with Gasteiger partial charge in [-0.05, 0) is 55.0 Å². The minimum Gasteiger partial charge on any atom is -0.493 e. The first-order valence-corrected chi connectivity index (χ1v) is 8.90. The number of carbonyl (C=O) groups excluding carboxylic acids is 2. The predicted molar refractivity (Wildman–Crippen MR) is 108 cm³/mol. The Bertz CT molecular complexity index is 841. The number of carbonyl (C=O) groups is 2. The van der Waals surface area contributed by atoms with Crippen molar-refractivity contribution in [1.82, 2.24) is 4.90 Å². The van der Waals surface area contributed by atoms with Crippen LogP contribution >= 0.6 is 0 Å². The van der Waals surface area contributed by atoms with E-state index >= 15 is 0 Å². The van der Waals surface area contributed by atoms with Crippen molar-refractivity contribution in [2.24, 2.45) is 0 Å². The summed E-state index contributed by atoms with van der Waals surface area (Å²) in [5, 5.41) is 0. The summed E-state index contributed by atoms with van der Waals surface area (Å²) in [7, 11) is 4.91. The van der Waals surface area contributed by atoms with Crippen LogP contribution in [0.15, 0.2) is 48.5 Å². The van der Waals surface area contributed by atoms with Gasteiger partial charge in [0.15, 0.2) is 23.9 Å². The van der Waals surface area contributed by atoms with Gasteiger partial charge in [-0.2, -0.15) is 0 Å². The molecular formula is C22H25NO5. The summed E-state index contributed by atoms with van der Waals surface area (Å²) >= 11 is 0. The zero-order valence-electron chi connectivity index (χ0n) is 16.6. The number of nitrogens with zero attached hydrogens (tertiary/aromatic N) is 1. The molecule has 0 N–H and O–H groups in total. The van der Waals surface area contributed by atoms with Crippen molar-refractivity contribution in [3.8, 4) is 17.2 Å². The van der Waals surface area contributed by atoms with E-state index < -0.39 is 0 Å². The molecule has 0 aliphatic rings. The third-order valence-corrected chi connectivity index (χ3v) is 3.91. The highest BCUT2D eigenvalue weighted by atomic mass is 16.5. The fraction of sp³-hybridized carbons (Fsp3) is 0.273. The Hall–Kier alpha value is -3.28. The molecule has 6 heteroatoms. The Balaban J connectivity index is 2.01. The van der Waals surface area contributed by atoms with Gasteiger partial charge in [-0.1, -0.05) is 12.1 Å². The summed E-state index contributed by atoms with van der Waals surface area (Å²) in [4.78, 5) is 25.4. The van der Waals surface area contributed by atoms with E-state index in [9.17, 15) is 9.59 Å². The number of methoxy groups -OCH3 is 1. The molecule has 0 aliphatic carbocycles. The Morgan fingerprint density at radius 1 is 1.00 bits per heavy atom. The van der Waals surface area contributed by atoms with Crippen LogP contribution < -0.4 is 14.2 Å². The van der Waals surface area contributed by atoms with Gasteiger partial charge in [-0.3, -0.25) is 9.59 Å². The van der Waals surface area contributed by atoms with Crippen molar-refractivity contribution in [3.05, 3.63) is 59.7 Å². The summed E-state index contributed by atoms with van der Waals surface area (Å²) in [6.45, 7) is 2.41. The lowest BCUT2D eigenvalue weighted by atomic mass is 10.1. The number of likely N-dealkylation sites (N-methyl/N-ethyl adjacent to an activating group) is 1. The lowest BCUT2D eigenvalue weighted by Crippen LogP contribution is -2.27. The number of ketones is 1. The summed E-state index contributed by atoms with van der Waals surface area (Å²) in [5.41, 5.74) is 1.36. The number of hydrogen-bond acceptors (Lipinski definition) is 5. The van der Waals surface area contributed by atoms with Gasteiger partial charge in [-0.15, -0.1) is 0 Å². The second kappa shape index (κ2) is 10.2. The molecule has 0 fully saturated rings. The van der Waals surface area contributed by atoms with Crippen molar-refractivity contribution in [2.45, 2.75) is 6.92 Å². The van der Waals surface area contributed by atoms with Crippen LogP contribution in [0.4, 0.5) is 0 Å². The third-order valence-electron chi connectivity index (χ3n) is 3.91. The van der Waals surface area contributed by atoms with Crippen LogP contribution in [0.5, 0.6) is 17.2 Å². The molecule has 1 amide bonds. The molecule has 0 aliphatic heterocycles. The molecule has 0 spiro atoms. The van der Waals surface area contributed by atoms with Gasteiger partial charge in [0.25, 0.3) is 5.91 Å². The molecule has 0 saturated carbocycles. The van der Waals surface area contributed by atoms with Crippen LogP contribution in [0, 0.1) is 0 Å². The normalized spacial score (nSPS) is 10.6. The van der Waals surface area contributed by atoms with Crippen molar-refractivity contribution in [2.75, 3.05) is 34.4 Å². The number of hydrogen-bond donors (Lipinski definition) is 0. The minimum atomic E-state index is -0.135. The van der Waals surface area contributed by atoms with Crippen molar-refractivity contribution in [3.63, 3.8) is 0 Å². The lowest BCUT2D eigenvalue weighted by Gasteiger charge is -2.11. The first-order chi connectivity index (χ1) is 13.4. The largest absolute Gasteiger partial charge is 0.493 e.